The molecule has 0 saturated carbocycles. The maximum absolute atomic E-state index is 11.8. The molecule has 2 heterocycles. The zero-order chi connectivity index (χ0) is 11.9. The van der Waals surface area contributed by atoms with Crippen LogP contribution in [-0.2, 0) is 19.2 Å². The fourth-order valence-electron chi connectivity index (χ4n) is 2.91. The number of ketones is 1. The van der Waals surface area contributed by atoms with Crippen molar-refractivity contribution in [1.29, 1.82) is 0 Å². The van der Waals surface area contributed by atoms with Gasteiger partial charge in [0.2, 0.25) is 0 Å². The zero-order valence-electron chi connectivity index (χ0n) is 9.86. The van der Waals surface area contributed by atoms with Gasteiger partial charge < -0.3 is 4.74 Å². The van der Waals surface area contributed by atoms with Gasteiger partial charge in [-0.25, -0.2) is 4.79 Å². The van der Waals surface area contributed by atoms with Crippen LogP contribution in [0.4, 0.5) is 0 Å². The summed E-state index contributed by atoms with van der Waals surface area (Å²) >= 11 is 0. The van der Waals surface area contributed by atoms with E-state index in [1.54, 1.807) is 12.0 Å². The normalized spacial score (nSPS) is 38.4. The van der Waals surface area contributed by atoms with Gasteiger partial charge in [-0.15, -0.1) is 0 Å². The van der Waals surface area contributed by atoms with E-state index in [1.807, 2.05) is 0 Å². The maximum Gasteiger partial charge on any atom is 0.340 e. The van der Waals surface area contributed by atoms with Crippen molar-refractivity contribution in [3.63, 3.8) is 0 Å². The predicted molar refractivity (Wildman–Crippen MR) is 55.4 cm³/mol. The molecule has 0 amide bonds. The first-order valence-electron chi connectivity index (χ1n) is 5.55. The van der Waals surface area contributed by atoms with Crippen molar-refractivity contribution < 1.29 is 19.2 Å². The van der Waals surface area contributed by atoms with Crippen molar-refractivity contribution >= 4 is 11.8 Å². The summed E-state index contributed by atoms with van der Waals surface area (Å²) in [4.78, 5) is 29.1. The van der Waals surface area contributed by atoms with Crippen LogP contribution in [0.25, 0.3) is 0 Å². The van der Waals surface area contributed by atoms with Crippen LogP contribution in [0.1, 0.15) is 26.7 Å². The van der Waals surface area contributed by atoms with Crippen LogP contribution in [0.2, 0.25) is 0 Å². The molecule has 2 aliphatic heterocycles. The topological polar surface area (TPSA) is 55.8 Å². The van der Waals surface area contributed by atoms with Crippen molar-refractivity contribution in [3.8, 4) is 0 Å². The van der Waals surface area contributed by atoms with E-state index in [1.165, 1.54) is 14.0 Å². The summed E-state index contributed by atoms with van der Waals surface area (Å²) in [5.74, 6) is -0.896. The molecule has 2 aliphatic rings. The highest BCUT2D eigenvalue weighted by molar-refractivity contribution is 5.90. The van der Waals surface area contributed by atoms with E-state index in [0.29, 0.717) is 0 Å². The zero-order valence-corrected chi connectivity index (χ0v) is 9.86. The fourth-order valence-corrected chi connectivity index (χ4v) is 2.91. The molecular formula is C11H17NO4. The average molecular weight is 227 g/mol. The summed E-state index contributed by atoms with van der Waals surface area (Å²) in [5, 5.41) is 1.77. The number of hydrogen-bond acceptors (Lipinski definition) is 5. The Morgan fingerprint density at radius 1 is 1.50 bits per heavy atom. The van der Waals surface area contributed by atoms with Crippen LogP contribution >= 0.6 is 0 Å². The molecule has 0 aromatic rings. The smallest absolute Gasteiger partial charge is 0.340 e. The Morgan fingerprint density at radius 3 is 2.75 bits per heavy atom. The molecule has 0 aromatic carbocycles. The van der Waals surface area contributed by atoms with Gasteiger partial charge in [0, 0.05) is 12.6 Å². The van der Waals surface area contributed by atoms with E-state index < -0.39 is 17.5 Å². The van der Waals surface area contributed by atoms with Gasteiger partial charge in [-0.2, -0.15) is 5.06 Å². The minimum Gasteiger partial charge on any atom is -0.467 e. The number of carbonyl (C=O) groups is 2. The number of carbonyl (C=O) groups excluding carboxylic acids is 2. The number of hydrogen-bond donors (Lipinski definition) is 0. The number of nitrogens with zero attached hydrogens (tertiary/aromatic N) is 1. The number of Topliss-reactive ketones (excluding diaryl/α,β-unsaturated/α-hetero) is 1. The van der Waals surface area contributed by atoms with Gasteiger partial charge in [0.15, 0.2) is 5.60 Å². The Hall–Kier alpha value is -0.940. The molecule has 2 rings (SSSR count). The van der Waals surface area contributed by atoms with Crippen molar-refractivity contribution in [2.75, 3.05) is 13.7 Å². The third-order valence-corrected chi connectivity index (χ3v) is 3.56. The van der Waals surface area contributed by atoms with Crippen LogP contribution < -0.4 is 0 Å². The van der Waals surface area contributed by atoms with Gasteiger partial charge in [-0.1, -0.05) is 0 Å². The number of rotatable bonds is 2. The van der Waals surface area contributed by atoms with Gasteiger partial charge in [-0.05, 0) is 26.7 Å². The molecule has 0 radical (unpaired) electrons. The Labute approximate surface area is 94.6 Å². The molecule has 16 heavy (non-hydrogen) atoms. The van der Waals surface area contributed by atoms with Crippen LogP contribution in [0.15, 0.2) is 0 Å². The summed E-state index contributed by atoms with van der Waals surface area (Å²) in [5.41, 5.74) is -1.15. The minimum absolute atomic E-state index is 0.0118. The summed E-state index contributed by atoms with van der Waals surface area (Å²) in [7, 11) is 1.32. The standard InChI is InChI=1S/C11H17NO4/c1-7(13)9-8-5-4-6-12(8)16-11(9,2)10(14)15-3/h8-9H,4-6H2,1-3H3/t8-,9-,11-/m1/s1. The molecule has 0 N–H and O–H groups in total. The molecule has 0 bridgehead atoms. The SMILES string of the molecule is COC(=O)[C@]1(C)ON2CCC[C@@H]2[C@H]1C(C)=O. The van der Waals surface area contributed by atoms with Crippen molar-refractivity contribution in [3.05, 3.63) is 0 Å². The van der Waals surface area contributed by atoms with E-state index in [0.717, 1.165) is 19.4 Å². The second-order valence-electron chi connectivity index (χ2n) is 4.63. The number of ether oxygens (including phenoxy) is 1. The van der Waals surface area contributed by atoms with E-state index in [-0.39, 0.29) is 11.8 Å². The predicted octanol–water partition coefficient (Wildman–Crippen LogP) is 0.533. The number of esters is 1. The molecule has 0 aromatic heterocycles. The molecular weight excluding hydrogens is 210 g/mol. The van der Waals surface area contributed by atoms with Gasteiger partial charge in [-0.3, -0.25) is 9.63 Å². The molecule has 0 unspecified atom stereocenters. The van der Waals surface area contributed by atoms with E-state index in [9.17, 15) is 9.59 Å². The van der Waals surface area contributed by atoms with Gasteiger partial charge in [0.1, 0.15) is 5.78 Å². The Bertz CT molecular complexity index is 330. The lowest BCUT2D eigenvalue weighted by molar-refractivity contribution is -0.211. The second kappa shape index (κ2) is 3.82. The molecule has 2 saturated heterocycles. The highest BCUT2D eigenvalue weighted by Gasteiger charge is 2.59. The van der Waals surface area contributed by atoms with Crippen LogP contribution in [-0.4, -0.2) is 42.1 Å². The molecule has 0 aliphatic carbocycles. The van der Waals surface area contributed by atoms with E-state index >= 15 is 0 Å². The van der Waals surface area contributed by atoms with Crippen LogP contribution in [0.5, 0.6) is 0 Å². The molecule has 3 atom stereocenters. The first-order chi connectivity index (χ1) is 7.50. The highest BCUT2D eigenvalue weighted by atomic mass is 16.7. The molecule has 2 fully saturated rings. The molecule has 5 heteroatoms. The van der Waals surface area contributed by atoms with Gasteiger partial charge in [0.25, 0.3) is 0 Å². The fraction of sp³-hybridized carbons (Fsp3) is 0.818. The van der Waals surface area contributed by atoms with Crippen molar-refractivity contribution in [2.24, 2.45) is 5.92 Å². The average Bonchev–Trinajstić information content (AvgIpc) is 2.73. The van der Waals surface area contributed by atoms with Crippen LogP contribution in [0, 0.1) is 5.92 Å². The van der Waals surface area contributed by atoms with Crippen molar-refractivity contribution in [2.45, 2.75) is 38.3 Å². The third-order valence-electron chi connectivity index (χ3n) is 3.56. The summed E-state index contributed by atoms with van der Waals surface area (Å²) in [6, 6.07) is 0.0293. The Morgan fingerprint density at radius 2 is 2.19 bits per heavy atom. The minimum atomic E-state index is -1.15. The molecule has 90 valence electrons. The van der Waals surface area contributed by atoms with Gasteiger partial charge >= 0.3 is 5.97 Å². The number of methoxy groups -OCH3 is 1. The first-order valence-corrected chi connectivity index (χ1v) is 5.55. The van der Waals surface area contributed by atoms with E-state index in [2.05, 4.69) is 0 Å². The second-order valence-corrected chi connectivity index (χ2v) is 4.63. The lowest BCUT2D eigenvalue weighted by Gasteiger charge is -2.26. The van der Waals surface area contributed by atoms with Gasteiger partial charge in [0.05, 0.1) is 13.0 Å². The number of hydroxylamine groups is 2. The molecule has 5 nitrogen and oxygen atoms in total. The quantitative estimate of drug-likeness (QED) is 0.644. The summed E-state index contributed by atoms with van der Waals surface area (Å²) in [6.45, 7) is 3.93. The first kappa shape index (κ1) is 11.5. The Kier molecular flexibility index (Phi) is 2.75. The van der Waals surface area contributed by atoms with Crippen LogP contribution in [0.3, 0.4) is 0 Å². The lowest BCUT2D eigenvalue weighted by atomic mass is 9.81. The monoisotopic (exact) mass is 227 g/mol. The number of fused-ring (bicyclic) bond motifs is 1. The summed E-state index contributed by atoms with van der Waals surface area (Å²) in [6.07, 6.45) is 1.91. The third kappa shape index (κ3) is 1.46. The van der Waals surface area contributed by atoms with E-state index in [4.69, 9.17) is 9.57 Å². The summed E-state index contributed by atoms with van der Waals surface area (Å²) < 4.78 is 4.74. The Balaban J connectivity index is 2.32. The highest BCUT2D eigenvalue weighted by Crippen LogP contribution is 2.42. The lowest BCUT2D eigenvalue weighted by Crippen LogP contribution is -2.47. The molecule has 0 spiro atoms. The maximum atomic E-state index is 11.8. The largest absolute Gasteiger partial charge is 0.467 e. The van der Waals surface area contributed by atoms with Crippen molar-refractivity contribution in [1.82, 2.24) is 5.06 Å².